The van der Waals surface area contributed by atoms with Crippen LogP contribution in [0.3, 0.4) is 0 Å². The minimum absolute atomic E-state index is 0.193. The Labute approximate surface area is 329 Å². The molecule has 0 amide bonds. The summed E-state index contributed by atoms with van der Waals surface area (Å²) < 4.78 is 26.4. The lowest BCUT2D eigenvalue weighted by Crippen LogP contribution is -2.29. The molecule has 0 heterocycles. The first-order valence-corrected chi connectivity index (χ1v) is 22.4. The number of ether oxygens (including phenoxy) is 2. The first kappa shape index (κ1) is 51.2. The Morgan fingerprint density at radius 2 is 0.833 bits per heavy atom. The summed E-state index contributed by atoms with van der Waals surface area (Å²) in [4.78, 5) is 42.9. The van der Waals surface area contributed by atoms with Gasteiger partial charge in [-0.2, -0.15) is 0 Å². The van der Waals surface area contributed by atoms with Crippen LogP contribution in [0.4, 0.5) is 0 Å². The maximum absolute atomic E-state index is 12.4. The molecule has 0 radical (unpaired) electrons. The van der Waals surface area contributed by atoms with Gasteiger partial charge in [0.25, 0.3) is 0 Å². The number of carbonyl (C=O) groups excluding carboxylic acids is 2. The maximum atomic E-state index is 12.4. The van der Waals surface area contributed by atoms with E-state index in [4.69, 9.17) is 19.3 Å². The van der Waals surface area contributed by atoms with Crippen molar-refractivity contribution in [1.29, 1.82) is 0 Å². The number of allylic oxidation sites excluding steroid dienone is 14. The monoisotopic (exact) mass is 775 g/mol. The van der Waals surface area contributed by atoms with Gasteiger partial charge < -0.3 is 19.3 Å². The fourth-order valence-corrected chi connectivity index (χ4v) is 5.74. The van der Waals surface area contributed by atoms with Crippen molar-refractivity contribution in [3.05, 3.63) is 85.1 Å². The van der Waals surface area contributed by atoms with Crippen molar-refractivity contribution in [2.75, 3.05) is 13.2 Å². The number of phosphoric acid groups is 1. The van der Waals surface area contributed by atoms with E-state index >= 15 is 0 Å². The lowest BCUT2D eigenvalue weighted by Gasteiger charge is -2.18. The number of hydrogen-bond acceptors (Lipinski definition) is 6. The molecule has 9 heteroatoms. The van der Waals surface area contributed by atoms with Gasteiger partial charge in [0, 0.05) is 12.8 Å². The Morgan fingerprint density at radius 1 is 0.481 bits per heavy atom. The summed E-state index contributed by atoms with van der Waals surface area (Å²) in [6.07, 6.45) is 53.0. The number of carbonyl (C=O) groups is 2. The van der Waals surface area contributed by atoms with E-state index in [2.05, 4.69) is 103 Å². The fourth-order valence-electron chi connectivity index (χ4n) is 5.38. The third-order valence-corrected chi connectivity index (χ3v) is 8.89. The third kappa shape index (κ3) is 42.0. The van der Waals surface area contributed by atoms with E-state index in [0.717, 1.165) is 103 Å². The number of esters is 2. The van der Waals surface area contributed by atoms with Gasteiger partial charge in [-0.3, -0.25) is 14.1 Å². The molecule has 0 bridgehead atoms. The van der Waals surface area contributed by atoms with E-state index in [-0.39, 0.29) is 19.4 Å². The normalized spacial score (nSPS) is 13.3. The predicted octanol–water partition coefficient (Wildman–Crippen LogP) is 12.8. The van der Waals surface area contributed by atoms with E-state index in [9.17, 15) is 14.2 Å². The molecule has 54 heavy (non-hydrogen) atoms. The van der Waals surface area contributed by atoms with Gasteiger partial charge in [0.15, 0.2) is 6.10 Å². The Morgan fingerprint density at radius 3 is 1.24 bits per heavy atom. The van der Waals surface area contributed by atoms with Crippen LogP contribution in [0.2, 0.25) is 0 Å². The van der Waals surface area contributed by atoms with Gasteiger partial charge in [0.1, 0.15) is 6.61 Å². The zero-order chi connectivity index (χ0) is 39.6. The summed E-state index contributed by atoms with van der Waals surface area (Å²) in [5.41, 5.74) is 0. The second kappa shape index (κ2) is 39.9. The summed E-state index contributed by atoms with van der Waals surface area (Å²) in [6, 6.07) is 0. The van der Waals surface area contributed by atoms with E-state index < -0.39 is 32.5 Å². The Bertz CT molecular complexity index is 1140. The predicted molar refractivity (Wildman–Crippen MR) is 225 cm³/mol. The van der Waals surface area contributed by atoms with Gasteiger partial charge in [0.05, 0.1) is 6.61 Å². The molecule has 0 saturated heterocycles. The van der Waals surface area contributed by atoms with Crippen LogP contribution < -0.4 is 0 Å². The van der Waals surface area contributed by atoms with Crippen molar-refractivity contribution in [3.63, 3.8) is 0 Å². The lowest BCUT2D eigenvalue weighted by molar-refractivity contribution is -0.161. The SMILES string of the molecule is CC/C=C\C/C=C\C/C=C\C/C=C\CCCCCCCCCCC(=O)OC(COC(=O)CCCCCCC/C=C\C/C=C\C/C=C\CC)COP(=O)(O)O. The van der Waals surface area contributed by atoms with Gasteiger partial charge in [-0.25, -0.2) is 4.57 Å². The summed E-state index contributed by atoms with van der Waals surface area (Å²) in [5, 5.41) is 0. The molecule has 0 fully saturated rings. The Kier molecular flexibility index (Phi) is 37.9. The van der Waals surface area contributed by atoms with Crippen LogP contribution in [-0.4, -0.2) is 41.0 Å². The third-order valence-electron chi connectivity index (χ3n) is 8.41. The first-order chi connectivity index (χ1) is 26.3. The highest BCUT2D eigenvalue weighted by Gasteiger charge is 2.22. The van der Waals surface area contributed by atoms with Gasteiger partial charge in [0.2, 0.25) is 0 Å². The highest BCUT2D eigenvalue weighted by Crippen LogP contribution is 2.36. The van der Waals surface area contributed by atoms with Gasteiger partial charge >= 0.3 is 19.8 Å². The highest BCUT2D eigenvalue weighted by atomic mass is 31.2. The molecule has 2 N–H and O–H groups in total. The largest absolute Gasteiger partial charge is 0.469 e. The quantitative estimate of drug-likeness (QED) is 0.0277. The zero-order valence-corrected chi connectivity index (χ0v) is 34.7. The molecule has 0 aliphatic carbocycles. The van der Waals surface area contributed by atoms with Gasteiger partial charge in [-0.1, -0.05) is 157 Å². The maximum Gasteiger partial charge on any atom is 0.469 e. The Hall–Kier alpha value is -2.77. The van der Waals surface area contributed by atoms with Crippen LogP contribution in [0.25, 0.3) is 0 Å². The minimum atomic E-state index is -4.77. The van der Waals surface area contributed by atoms with Crippen LogP contribution in [0, 0.1) is 0 Å². The molecule has 308 valence electrons. The molecule has 0 aliphatic rings. The van der Waals surface area contributed by atoms with Crippen LogP contribution in [0.15, 0.2) is 85.1 Å². The molecular formula is C45H75O8P. The number of rotatable bonds is 37. The van der Waals surface area contributed by atoms with E-state index in [1.165, 1.54) is 25.7 Å². The second-order valence-corrected chi connectivity index (χ2v) is 14.8. The summed E-state index contributed by atoms with van der Waals surface area (Å²) in [5.74, 6) is -0.921. The molecular weight excluding hydrogens is 699 g/mol. The summed E-state index contributed by atoms with van der Waals surface area (Å²) in [7, 11) is -4.77. The van der Waals surface area contributed by atoms with Crippen LogP contribution in [-0.2, 0) is 28.2 Å². The van der Waals surface area contributed by atoms with Gasteiger partial charge in [-0.05, 0) is 83.5 Å². The van der Waals surface area contributed by atoms with E-state index in [1.54, 1.807) is 0 Å². The van der Waals surface area contributed by atoms with Crippen molar-refractivity contribution in [2.45, 2.75) is 174 Å². The van der Waals surface area contributed by atoms with Crippen molar-refractivity contribution in [2.24, 2.45) is 0 Å². The van der Waals surface area contributed by atoms with Crippen LogP contribution >= 0.6 is 7.82 Å². The number of unbranched alkanes of at least 4 members (excludes halogenated alkanes) is 13. The molecule has 0 aromatic rings. The van der Waals surface area contributed by atoms with Crippen LogP contribution in [0.1, 0.15) is 168 Å². The number of hydrogen-bond donors (Lipinski definition) is 2. The zero-order valence-electron chi connectivity index (χ0n) is 33.8. The molecule has 0 saturated carbocycles. The molecule has 1 unspecified atom stereocenters. The smallest absolute Gasteiger partial charge is 0.462 e. The van der Waals surface area contributed by atoms with E-state index in [0.29, 0.717) is 12.8 Å². The number of phosphoric ester groups is 1. The van der Waals surface area contributed by atoms with Crippen molar-refractivity contribution in [3.8, 4) is 0 Å². The molecule has 0 aliphatic heterocycles. The topological polar surface area (TPSA) is 119 Å². The van der Waals surface area contributed by atoms with Crippen molar-refractivity contribution in [1.82, 2.24) is 0 Å². The van der Waals surface area contributed by atoms with Crippen LogP contribution in [0.5, 0.6) is 0 Å². The first-order valence-electron chi connectivity index (χ1n) is 20.9. The lowest BCUT2D eigenvalue weighted by atomic mass is 10.1. The standard InChI is InChI=1S/C45H75O8P/c1-3-5-7-9-11-13-15-17-19-20-21-22-23-24-26-28-30-32-34-36-38-40-45(47)53-43(42-52-54(48,49)50)41-51-44(46)39-37-35-33-31-29-27-25-18-16-14-12-10-8-6-4-2/h5-8,11-14,17-19,21-22,25,43H,3-4,9-10,15-16,20,23-24,26-42H2,1-2H3,(H2,48,49,50)/b7-5-,8-6-,13-11-,14-12-,19-17-,22-21-,25-18-. The average Bonchev–Trinajstić information content (AvgIpc) is 3.14. The van der Waals surface area contributed by atoms with E-state index in [1.807, 2.05) is 0 Å². The fraction of sp³-hybridized carbons (Fsp3) is 0.644. The minimum Gasteiger partial charge on any atom is -0.462 e. The summed E-state index contributed by atoms with van der Waals surface area (Å²) in [6.45, 7) is 3.43. The summed E-state index contributed by atoms with van der Waals surface area (Å²) >= 11 is 0. The van der Waals surface area contributed by atoms with Crippen molar-refractivity contribution < 1.29 is 37.9 Å². The van der Waals surface area contributed by atoms with Crippen molar-refractivity contribution >= 4 is 19.8 Å². The molecule has 0 rings (SSSR count). The molecule has 0 spiro atoms. The Balaban J connectivity index is 3.97. The van der Waals surface area contributed by atoms with Gasteiger partial charge in [-0.15, -0.1) is 0 Å². The highest BCUT2D eigenvalue weighted by molar-refractivity contribution is 7.46. The molecule has 8 nitrogen and oxygen atoms in total. The second-order valence-electron chi connectivity index (χ2n) is 13.5. The molecule has 1 atom stereocenters. The molecule has 0 aromatic heterocycles. The average molecular weight is 775 g/mol. The molecule has 0 aromatic carbocycles.